The topological polar surface area (TPSA) is 79.6 Å². The molecule has 1 fully saturated rings. The molecule has 10 heteroatoms. The summed E-state index contributed by atoms with van der Waals surface area (Å²) in [5.41, 5.74) is -0.220. The number of amides is 2. The molecule has 0 unspecified atom stereocenters. The molecular formula is C17H11F3N2O4S. The Labute approximate surface area is 154 Å². The van der Waals surface area contributed by atoms with Crippen LogP contribution in [0.5, 0.6) is 0 Å². The predicted octanol–water partition coefficient (Wildman–Crippen LogP) is 3.62. The molecule has 0 atom stereocenters. The van der Waals surface area contributed by atoms with Crippen LogP contribution in [0.4, 0.5) is 18.0 Å². The minimum absolute atomic E-state index is 0.00632. The van der Waals surface area contributed by atoms with E-state index in [2.05, 4.69) is 0 Å². The summed E-state index contributed by atoms with van der Waals surface area (Å²) in [4.78, 5) is 35.3. The fourth-order valence-corrected chi connectivity index (χ4v) is 3.31. The highest BCUT2D eigenvalue weighted by molar-refractivity contribution is 8.18. The summed E-state index contributed by atoms with van der Waals surface area (Å²) in [5.74, 6) is -2.09. The largest absolute Gasteiger partial charge is 0.480 e. The first-order valence-electron chi connectivity index (χ1n) is 7.49. The van der Waals surface area contributed by atoms with Gasteiger partial charge in [-0.25, -0.2) is 0 Å². The van der Waals surface area contributed by atoms with Gasteiger partial charge in [0, 0.05) is 17.6 Å². The van der Waals surface area contributed by atoms with Gasteiger partial charge in [-0.15, -0.1) is 0 Å². The molecule has 27 heavy (non-hydrogen) atoms. The van der Waals surface area contributed by atoms with E-state index in [0.29, 0.717) is 22.4 Å². The Balaban J connectivity index is 1.95. The van der Waals surface area contributed by atoms with E-state index in [9.17, 15) is 27.6 Å². The Morgan fingerprint density at radius 2 is 1.93 bits per heavy atom. The van der Waals surface area contributed by atoms with Gasteiger partial charge in [-0.2, -0.15) is 13.2 Å². The number of hydrogen-bond acceptors (Lipinski definition) is 4. The van der Waals surface area contributed by atoms with E-state index in [0.717, 1.165) is 12.1 Å². The van der Waals surface area contributed by atoms with Crippen molar-refractivity contribution in [3.8, 4) is 5.69 Å². The van der Waals surface area contributed by atoms with E-state index in [1.807, 2.05) is 0 Å². The van der Waals surface area contributed by atoms with Crippen LogP contribution in [0.3, 0.4) is 0 Å². The van der Waals surface area contributed by atoms with Crippen LogP contribution in [0.2, 0.25) is 0 Å². The van der Waals surface area contributed by atoms with Gasteiger partial charge in [-0.3, -0.25) is 19.3 Å². The van der Waals surface area contributed by atoms with Crippen LogP contribution in [-0.2, 0) is 15.8 Å². The zero-order valence-corrected chi connectivity index (χ0v) is 14.3. The number of halogens is 3. The van der Waals surface area contributed by atoms with Crippen molar-refractivity contribution in [1.29, 1.82) is 0 Å². The molecule has 1 aromatic carbocycles. The smallest absolute Gasteiger partial charge is 0.416 e. The third-order valence-electron chi connectivity index (χ3n) is 3.68. The van der Waals surface area contributed by atoms with Gasteiger partial charge in [0.05, 0.1) is 10.5 Å². The first-order chi connectivity index (χ1) is 12.7. The summed E-state index contributed by atoms with van der Waals surface area (Å²) in [6, 6.07) is 7.79. The summed E-state index contributed by atoms with van der Waals surface area (Å²) in [5, 5.41) is 8.05. The number of carboxylic acids is 1. The van der Waals surface area contributed by atoms with Gasteiger partial charge >= 0.3 is 12.1 Å². The second-order valence-electron chi connectivity index (χ2n) is 5.51. The van der Waals surface area contributed by atoms with Gasteiger partial charge in [0.1, 0.15) is 6.54 Å². The SMILES string of the molecule is O=C(O)CN1C(=O)S/C(=C/c2cccn2-c2cccc(C(F)(F)F)c2)C1=O. The van der Waals surface area contributed by atoms with Crippen LogP contribution >= 0.6 is 11.8 Å². The van der Waals surface area contributed by atoms with E-state index in [4.69, 9.17) is 5.11 Å². The van der Waals surface area contributed by atoms with E-state index in [1.54, 1.807) is 12.1 Å². The van der Waals surface area contributed by atoms with Gasteiger partial charge in [-0.05, 0) is 48.2 Å². The predicted molar refractivity (Wildman–Crippen MR) is 91.1 cm³/mol. The number of nitrogens with zero attached hydrogens (tertiary/aromatic N) is 2. The average molecular weight is 396 g/mol. The normalized spacial score (nSPS) is 16.4. The fraction of sp³-hybridized carbons (Fsp3) is 0.118. The molecular weight excluding hydrogens is 385 g/mol. The summed E-state index contributed by atoms with van der Waals surface area (Å²) in [6.07, 6.45) is -1.64. The molecule has 2 heterocycles. The molecule has 1 aromatic heterocycles. The summed E-state index contributed by atoms with van der Waals surface area (Å²) >= 11 is 0.575. The minimum Gasteiger partial charge on any atom is -0.480 e. The molecule has 140 valence electrons. The zero-order valence-electron chi connectivity index (χ0n) is 13.4. The minimum atomic E-state index is -4.50. The number of benzene rings is 1. The molecule has 3 rings (SSSR count). The van der Waals surface area contributed by atoms with Crippen molar-refractivity contribution in [3.63, 3.8) is 0 Å². The molecule has 1 N–H and O–H groups in total. The van der Waals surface area contributed by atoms with Gasteiger partial charge in [-0.1, -0.05) is 6.07 Å². The second-order valence-corrected chi connectivity index (χ2v) is 6.51. The third kappa shape index (κ3) is 3.90. The van der Waals surface area contributed by atoms with Gasteiger partial charge in [0.25, 0.3) is 11.1 Å². The molecule has 0 radical (unpaired) electrons. The van der Waals surface area contributed by atoms with Crippen LogP contribution < -0.4 is 0 Å². The van der Waals surface area contributed by atoms with Gasteiger partial charge in [0.15, 0.2) is 0 Å². The molecule has 1 saturated heterocycles. The monoisotopic (exact) mass is 396 g/mol. The molecule has 0 aliphatic carbocycles. The van der Waals surface area contributed by atoms with Crippen LogP contribution in [0, 0.1) is 0 Å². The highest BCUT2D eigenvalue weighted by Crippen LogP contribution is 2.33. The third-order valence-corrected chi connectivity index (χ3v) is 4.59. The number of carbonyl (C=O) groups excluding carboxylic acids is 2. The molecule has 0 bridgehead atoms. The maximum Gasteiger partial charge on any atom is 0.416 e. The maximum atomic E-state index is 12.9. The Kier molecular flexibility index (Phi) is 4.83. The Bertz CT molecular complexity index is 965. The molecule has 2 aromatic rings. The molecule has 6 nitrogen and oxygen atoms in total. The number of carboxylic acid groups (broad SMARTS) is 1. The lowest BCUT2D eigenvalue weighted by Gasteiger charge is -2.11. The summed E-state index contributed by atoms with van der Waals surface area (Å²) in [6.45, 7) is -0.753. The zero-order chi connectivity index (χ0) is 19.8. The Morgan fingerprint density at radius 3 is 2.59 bits per heavy atom. The fourth-order valence-electron chi connectivity index (χ4n) is 2.48. The highest BCUT2D eigenvalue weighted by atomic mass is 32.2. The van der Waals surface area contributed by atoms with Crippen molar-refractivity contribution in [2.24, 2.45) is 0 Å². The lowest BCUT2D eigenvalue weighted by molar-refractivity contribution is -0.140. The van der Waals surface area contributed by atoms with Crippen molar-refractivity contribution in [1.82, 2.24) is 9.47 Å². The van der Waals surface area contributed by atoms with Crippen molar-refractivity contribution in [2.45, 2.75) is 6.18 Å². The highest BCUT2D eigenvalue weighted by Gasteiger charge is 2.36. The molecule has 0 spiro atoms. The maximum absolute atomic E-state index is 12.9. The van der Waals surface area contributed by atoms with E-state index >= 15 is 0 Å². The van der Waals surface area contributed by atoms with Crippen LogP contribution in [0.25, 0.3) is 11.8 Å². The number of aliphatic carboxylic acids is 1. The molecule has 1 aliphatic rings. The van der Waals surface area contributed by atoms with Crippen molar-refractivity contribution in [3.05, 3.63) is 58.8 Å². The standard InChI is InChI=1S/C17H11F3N2O4S/c18-17(19,20)10-3-1-4-11(7-10)21-6-2-5-12(21)8-13-15(25)22(9-14(23)24)16(26)27-13/h1-8H,9H2,(H,23,24)/b13-8+. The number of aromatic nitrogens is 1. The van der Waals surface area contributed by atoms with Crippen molar-refractivity contribution in [2.75, 3.05) is 6.54 Å². The van der Waals surface area contributed by atoms with Crippen molar-refractivity contribution < 1.29 is 32.7 Å². The van der Waals surface area contributed by atoms with E-state index in [-0.39, 0.29) is 10.6 Å². The quantitative estimate of drug-likeness (QED) is 0.799. The van der Waals surface area contributed by atoms with Crippen LogP contribution in [-0.4, -0.2) is 38.2 Å². The summed E-state index contributed by atoms with van der Waals surface area (Å²) < 4.78 is 40.2. The molecule has 1 aliphatic heterocycles. The number of hydrogen-bond donors (Lipinski definition) is 1. The second kappa shape index (κ2) is 6.95. The number of thioether (sulfide) groups is 1. The van der Waals surface area contributed by atoms with E-state index in [1.165, 1.54) is 29.0 Å². The first kappa shape index (κ1) is 18.8. The first-order valence-corrected chi connectivity index (χ1v) is 8.30. The lowest BCUT2D eigenvalue weighted by Crippen LogP contribution is -2.33. The average Bonchev–Trinajstić information content (AvgIpc) is 3.14. The van der Waals surface area contributed by atoms with Crippen LogP contribution in [0.1, 0.15) is 11.3 Å². The number of imide groups is 1. The van der Waals surface area contributed by atoms with E-state index < -0.39 is 35.4 Å². The number of rotatable bonds is 4. The van der Waals surface area contributed by atoms with Gasteiger partial charge < -0.3 is 9.67 Å². The molecule has 0 saturated carbocycles. The lowest BCUT2D eigenvalue weighted by atomic mass is 10.2. The van der Waals surface area contributed by atoms with Crippen LogP contribution in [0.15, 0.2) is 47.5 Å². The number of alkyl halides is 3. The Hall–Kier alpha value is -3.01. The number of carbonyl (C=O) groups is 3. The summed E-state index contributed by atoms with van der Waals surface area (Å²) in [7, 11) is 0. The van der Waals surface area contributed by atoms with Gasteiger partial charge in [0.2, 0.25) is 0 Å². The molecule has 2 amide bonds. The van der Waals surface area contributed by atoms with Crippen molar-refractivity contribution >= 4 is 35.0 Å². The Morgan fingerprint density at radius 1 is 1.19 bits per heavy atom.